The van der Waals surface area contributed by atoms with Crippen molar-refractivity contribution in [2.45, 2.75) is 44.7 Å². The zero-order valence-corrected chi connectivity index (χ0v) is 15.2. The van der Waals surface area contributed by atoms with Crippen molar-refractivity contribution in [1.29, 1.82) is 0 Å². The maximum absolute atomic E-state index is 12.7. The van der Waals surface area contributed by atoms with Gasteiger partial charge in [-0.1, -0.05) is 16.9 Å². The first-order valence-electron chi connectivity index (χ1n) is 8.24. The summed E-state index contributed by atoms with van der Waals surface area (Å²) in [4.78, 5) is 17.1. The first-order chi connectivity index (χ1) is 12.0. The number of rotatable bonds is 6. The van der Waals surface area contributed by atoms with Gasteiger partial charge in [0.15, 0.2) is 11.6 Å². The molecule has 0 aromatic carbocycles. The van der Waals surface area contributed by atoms with Gasteiger partial charge in [0.05, 0.1) is 5.75 Å². The predicted octanol–water partition coefficient (Wildman–Crippen LogP) is 3.36. The molecule has 0 spiro atoms. The molecule has 3 heterocycles. The first-order valence-corrected chi connectivity index (χ1v) is 9.22. The lowest BCUT2D eigenvalue weighted by atomic mass is 10.2. The number of nitrogens with zero attached hydrogens (tertiary/aromatic N) is 4. The number of hydrogen-bond acceptors (Lipinski definition) is 6. The number of H-pyrrole nitrogens is 1. The highest BCUT2D eigenvalue weighted by Gasteiger charge is 2.27. The lowest BCUT2D eigenvalue weighted by Crippen LogP contribution is -2.06. The molecule has 130 valence electrons. The molecule has 0 atom stereocenters. The Morgan fingerprint density at radius 3 is 2.84 bits per heavy atom. The molecule has 8 heteroatoms. The van der Waals surface area contributed by atoms with Crippen molar-refractivity contribution >= 4 is 17.5 Å². The topological polar surface area (TPSA) is 89.6 Å². The Labute approximate surface area is 149 Å². The van der Waals surface area contributed by atoms with Crippen LogP contribution in [0.3, 0.4) is 0 Å². The minimum Gasteiger partial charge on any atom is -0.360 e. The summed E-state index contributed by atoms with van der Waals surface area (Å²) in [5.41, 5.74) is 2.52. The van der Waals surface area contributed by atoms with Crippen LogP contribution in [0.1, 0.15) is 52.1 Å². The molecular weight excluding hydrogens is 338 g/mol. The average Bonchev–Trinajstić information content (AvgIpc) is 3.04. The van der Waals surface area contributed by atoms with Gasteiger partial charge >= 0.3 is 0 Å². The Bertz CT molecular complexity index is 935. The smallest absolute Gasteiger partial charge is 0.208 e. The summed E-state index contributed by atoms with van der Waals surface area (Å²) < 4.78 is 7.09. The number of aryl methyl sites for hydroxylation is 2. The number of thioether (sulfide) groups is 1. The van der Waals surface area contributed by atoms with Gasteiger partial charge in [0, 0.05) is 28.9 Å². The van der Waals surface area contributed by atoms with Crippen molar-refractivity contribution in [2.24, 2.45) is 0 Å². The molecular formula is C17H19N5O2S. The number of hydrogen-bond donors (Lipinski definition) is 1. The Kier molecular flexibility index (Phi) is 3.99. The zero-order chi connectivity index (χ0) is 17.6. The van der Waals surface area contributed by atoms with Crippen LogP contribution in [0.2, 0.25) is 0 Å². The Morgan fingerprint density at radius 1 is 1.36 bits per heavy atom. The summed E-state index contributed by atoms with van der Waals surface area (Å²) in [5, 5.41) is 11.8. The third-order valence-corrected chi connectivity index (χ3v) is 5.20. The van der Waals surface area contributed by atoms with Gasteiger partial charge in [0.1, 0.15) is 11.6 Å². The molecule has 3 aromatic heterocycles. The normalized spacial score (nSPS) is 14.2. The monoisotopic (exact) mass is 357 g/mol. The summed E-state index contributed by atoms with van der Waals surface area (Å²) in [7, 11) is 0. The van der Waals surface area contributed by atoms with Crippen molar-refractivity contribution in [3.63, 3.8) is 0 Å². The van der Waals surface area contributed by atoms with E-state index in [1.807, 2.05) is 37.5 Å². The SMILES string of the molecule is Cc1cc(-n2c(C)cc(C(=O)CSc3n[nH]c(C4CC4)n3)c2C)no1. The molecule has 0 radical (unpaired) electrons. The van der Waals surface area contributed by atoms with Crippen molar-refractivity contribution < 1.29 is 9.32 Å². The molecule has 3 aromatic rings. The number of ketones is 1. The maximum atomic E-state index is 12.7. The third kappa shape index (κ3) is 3.13. The molecule has 1 saturated carbocycles. The van der Waals surface area contributed by atoms with Crippen LogP contribution in [0, 0.1) is 20.8 Å². The van der Waals surface area contributed by atoms with Crippen LogP contribution < -0.4 is 0 Å². The van der Waals surface area contributed by atoms with E-state index < -0.39 is 0 Å². The fraction of sp³-hybridized carbons (Fsp3) is 0.412. The fourth-order valence-corrected chi connectivity index (χ4v) is 3.61. The largest absolute Gasteiger partial charge is 0.360 e. The van der Waals surface area contributed by atoms with Gasteiger partial charge in [-0.05, 0) is 39.7 Å². The van der Waals surface area contributed by atoms with E-state index in [4.69, 9.17) is 4.52 Å². The first kappa shape index (κ1) is 16.1. The van der Waals surface area contributed by atoms with Crippen LogP contribution in [0.4, 0.5) is 0 Å². The minimum absolute atomic E-state index is 0.0577. The highest BCUT2D eigenvalue weighted by atomic mass is 32.2. The summed E-state index contributed by atoms with van der Waals surface area (Å²) in [6.07, 6.45) is 2.34. The van der Waals surface area contributed by atoms with Gasteiger partial charge in [-0.2, -0.15) is 0 Å². The molecule has 0 amide bonds. The van der Waals surface area contributed by atoms with E-state index in [2.05, 4.69) is 20.3 Å². The maximum Gasteiger partial charge on any atom is 0.208 e. The molecule has 1 N–H and O–H groups in total. The molecule has 0 unspecified atom stereocenters. The van der Waals surface area contributed by atoms with Crippen molar-refractivity contribution in [2.75, 3.05) is 5.75 Å². The van der Waals surface area contributed by atoms with E-state index in [0.29, 0.717) is 28.2 Å². The number of nitrogens with one attached hydrogen (secondary N) is 1. The van der Waals surface area contributed by atoms with Crippen LogP contribution in [0.5, 0.6) is 0 Å². The second kappa shape index (κ2) is 6.18. The van der Waals surface area contributed by atoms with E-state index >= 15 is 0 Å². The van der Waals surface area contributed by atoms with Gasteiger partial charge in [0.2, 0.25) is 5.16 Å². The molecule has 7 nitrogen and oxygen atoms in total. The fourth-order valence-electron chi connectivity index (χ4n) is 2.93. The van der Waals surface area contributed by atoms with Crippen molar-refractivity contribution in [3.8, 4) is 5.82 Å². The van der Waals surface area contributed by atoms with E-state index in [-0.39, 0.29) is 5.78 Å². The Balaban J connectivity index is 1.49. The predicted molar refractivity (Wildman–Crippen MR) is 93.5 cm³/mol. The lowest BCUT2D eigenvalue weighted by molar-refractivity contribution is 0.102. The summed E-state index contributed by atoms with van der Waals surface area (Å²) >= 11 is 1.37. The Hall–Kier alpha value is -2.35. The minimum atomic E-state index is 0.0577. The van der Waals surface area contributed by atoms with Gasteiger partial charge in [-0.25, -0.2) is 4.98 Å². The van der Waals surface area contributed by atoms with Gasteiger partial charge in [-0.3, -0.25) is 14.5 Å². The van der Waals surface area contributed by atoms with Crippen LogP contribution in [-0.2, 0) is 0 Å². The summed E-state index contributed by atoms with van der Waals surface area (Å²) in [6.45, 7) is 5.73. The molecule has 1 fully saturated rings. The third-order valence-electron chi connectivity index (χ3n) is 4.35. The molecule has 1 aliphatic rings. The number of aromatic amines is 1. The second-order valence-corrected chi connectivity index (χ2v) is 7.35. The van der Waals surface area contributed by atoms with Crippen LogP contribution in [-0.4, -0.2) is 36.4 Å². The number of aromatic nitrogens is 5. The van der Waals surface area contributed by atoms with E-state index in [1.165, 1.54) is 24.6 Å². The van der Waals surface area contributed by atoms with Crippen LogP contribution in [0.15, 0.2) is 21.8 Å². The molecule has 25 heavy (non-hydrogen) atoms. The number of Topliss-reactive ketones (excluding diaryl/α,β-unsaturated/α-hetero) is 1. The van der Waals surface area contributed by atoms with E-state index in [0.717, 1.165) is 23.0 Å². The zero-order valence-electron chi connectivity index (χ0n) is 14.4. The lowest BCUT2D eigenvalue weighted by Gasteiger charge is -2.04. The van der Waals surface area contributed by atoms with Crippen LogP contribution in [0.25, 0.3) is 5.82 Å². The summed E-state index contributed by atoms with van der Waals surface area (Å²) in [5.74, 6) is 3.27. The molecule has 0 saturated heterocycles. The van der Waals surface area contributed by atoms with Crippen molar-refractivity contribution in [1.82, 2.24) is 24.9 Å². The van der Waals surface area contributed by atoms with E-state index in [9.17, 15) is 4.79 Å². The van der Waals surface area contributed by atoms with Gasteiger partial charge < -0.3 is 4.52 Å². The number of carbonyl (C=O) groups excluding carboxylic acids is 1. The molecule has 1 aliphatic carbocycles. The van der Waals surface area contributed by atoms with Gasteiger partial charge in [0.25, 0.3) is 0 Å². The van der Waals surface area contributed by atoms with Gasteiger partial charge in [-0.15, -0.1) is 5.10 Å². The van der Waals surface area contributed by atoms with E-state index in [1.54, 1.807) is 0 Å². The average molecular weight is 357 g/mol. The molecule has 4 rings (SSSR count). The quantitative estimate of drug-likeness (QED) is 0.537. The molecule has 0 bridgehead atoms. The highest BCUT2D eigenvalue weighted by molar-refractivity contribution is 7.99. The highest BCUT2D eigenvalue weighted by Crippen LogP contribution is 2.38. The Morgan fingerprint density at radius 2 is 2.16 bits per heavy atom. The summed E-state index contributed by atoms with van der Waals surface area (Å²) in [6, 6.07) is 3.76. The van der Waals surface area contributed by atoms with Crippen LogP contribution >= 0.6 is 11.8 Å². The van der Waals surface area contributed by atoms with Crippen molar-refractivity contribution in [3.05, 3.63) is 40.7 Å². The standard InChI is InChI=1S/C17H19N5O2S/c1-9-6-13(11(3)22(9)15-7-10(2)24-21-15)14(23)8-25-17-18-16(19-20-17)12-4-5-12/h6-7,12H,4-5,8H2,1-3H3,(H,18,19,20). The molecule has 0 aliphatic heterocycles. The number of carbonyl (C=O) groups is 1. The second-order valence-electron chi connectivity index (χ2n) is 6.41.